The van der Waals surface area contributed by atoms with Crippen LogP contribution in [0.5, 0.6) is 0 Å². The van der Waals surface area contributed by atoms with E-state index in [0.29, 0.717) is 11.3 Å². The maximum Gasteiger partial charge on any atom is 0.277 e. The second-order valence-electron chi connectivity index (χ2n) is 4.20. The molecule has 1 aromatic rings. The Morgan fingerprint density at radius 2 is 1.94 bits per heavy atom. The number of hydrogen-bond acceptors (Lipinski definition) is 1. The lowest BCUT2D eigenvalue weighted by molar-refractivity contribution is -0.112. The molecule has 1 atom stereocenters. The van der Waals surface area contributed by atoms with E-state index in [1.165, 1.54) is 12.2 Å². The van der Waals surface area contributed by atoms with Gasteiger partial charge < -0.3 is 0 Å². The number of benzene rings is 1. The van der Waals surface area contributed by atoms with Crippen molar-refractivity contribution in [3.8, 4) is 0 Å². The zero-order chi connectivity index (χ0) is 12.5. The first-order valence-corrected chi connectivity index (χ1v) is 5.69. The molecule has 0 aromatic heterocycles. The number of halogens is 1. The fraction of sp³-hybridized carbons (Fsp3) is 0.0667. The van der Waals surface area contributed by atoms with Crippen molar-refractivity contribution in [2.24, 2.45) is 10.9 Å². The number of aliphatic imine (C=N–C) groups is 1. The third-order valence-corrected chi connectivity index (χ3v) is 2.98. The first-order valence-electron chi connectivity index (χ1n) is 5.69. The van der Waals surface area contributed by atoms with Gasteiger partial charge in [-0.1, -0.05) is 42.5 Å². The van der Waals surface area contributed by atoms with Gasteiger partial charge in [0.2, 0.25) is 0 Å². The molecule has 18 heavy (non-hydrogen) atoms. The number of fused-ring (bicyclic) bond motifs is 1. The molecule has 0 fully saturated rings. The summed E-state index contributed by atoms with van der Waals surface area (Å²) >= 11 is 0. The van der Waals surface area contributed by atoms with Gasteiger partial charge in [-0.2, -0.15) is 0 Å². The quantitative estimate of drug-likeness (QED) is 0.740. The van der Waals surface area contributed by atoms with Gasteiger partial charge in [0.05, 0.1) is 5.71 Å². The van der Waals surface area contributed by atoms with Crippen LogP contribution in [-0.2, 0) is 4.79 Å². The lowest BCUT2D eigenvalue weighted by atomic mass is 9.90. The van der Waals surface area contributed by atoms with Crippen LogP contribution in [0, 0.1) is 5.92 Å². The molecule has 1 aromatic carbocycles. The third kappa shape index (κ3) is 1.84. The van der Waals surface area contributed by atoms with Crippen LogP contribution < -0.4 is 0 Å². The van der Waals surface area contributed by atoms with E-state index >= 15 is 0 Å². The molecule has 1 amide bonds. The first-order chi connectivity index (χ1) is 8.74. The standard InChI is InChI=1S/C15H10FNO/c16-12-7-6-11-8-13(10-4-2-1-3-5-10)15(18)17-14(11)9-12/h1-9,11H. The van der Waals surface area contributed by atoms with Gasteiger partial charge in [0.25, 0.3) is 5.91 Å². The number of allylic oxidation sites excluding steroid dienone is 5. The van der Waals surface area contributed by atoms with Gasteiger partial charge in [0, 0.05) is 11.5 Å². The maximum absolute atomic E-state index is 13.1. The lowest BCUT2D eigenvalue weighted by Crippen LogP contribution is -2.19. The number of rotatable bonds is 1. The summed E-state index contributed by atoms with van der Waals surface area (Å²) in [6.45, 7) is 0. The summed E-state index contributed by atoms with van der Waals surface area (Å²) in [5, 5.41) is 0. The minimum Gasteiger partial charge on any atom is -0.267 e. The number of nitrogens with zero attached hydrogens (tertiary/aromatic N) is 1. The maximum atomic E-state index is 13.1. The Morgan fingerprint density at radius 3 is 2.72 bits per heavy atom. The average molecular weight is 239 g/mol. The highest BCUT2D eigenvalue weighted by Crippen LogP contribution is 2.27. The summed E-state index contributed by atoms with van der Waals surface area (Å²) in [6.07, 6.45) is 6.25. The molecule has 1 aliphatic carbocycles. The molecule has 3 heteroatoms. The summed E-state index contributed by atoms with van der Waals surface area (Å²) in [7, 11) is 0. The molecule has 0 radical (unpaired) electrons. The zero-order valence-corrected chi connectivity index (χ0v) is 9.51. The van der Waals surface area contributed by atoms with E-state index in [4.69, 9.17) is 0 Å². The van der Waals surface area contributed by atoms with Crippen LogP contribution in [0.1, 0.15) is 5.56 Å². The van der Waals surface area contributed by atoms with Crippen LogP contribution >= 0.6 is 0 Å². The van der Waals surface area contributed by atoms with Gasteiger partial charge in [0.1, 0.15) is 5.83 Å². The lowest BCUT2D eigenvalue weighted by Gasteiger charge is -2.18. The van der Waals surface area contributed by atoms with Crippen molar-refractivity contribution < 1.29 is 9.18 Å². The van der Waals surface area contributed by atoms with E-state index in [-0.39, 0.29) is 17.7 Å². The van der Waals surface area contributed by atoms with Gasteiger partial charge in [-0.25, -0.2) is 9.38 Å². The van der Waals surface area contributed by atoms with Crippen molar-refractivity contribution in [3.63, 3.8) is 0 Å². The summed E-state index contributed by atoms with van der Waals surface area (Å²) in [5.41, 5.74) is 1.89. The molecule has 1 heterocycles. The van der Waals surface area contributed by atoms with Gasteiger partial charge in [-0.3, -0.25) is 4.79 Å². The van der Waals surface area contributed by atoms with Crippen molar-refractivity contribution in [1.82, 2.24) is 0 Å². The van der Waals surface area contributed by atoms with Crippen molar-refractivity contribution in [1.29, 1.82) is 0 Å². The Labute approximate surface area is 104 Å². The monoisotopic (exact) mass is 239 g/mol. The second-order valence-corrected chi connectivity index (χ2v) is 4.20. The van der Waals surface area contributed by atoms with E-state index in [0.717, 1.165) is 5.56 Å². The summed E-state index contributed by atoms with van der Waals surface area (Å²) in [5.74, 6) is -0.793. The largest absolute Gasteiger partial charge is 0.277 e. The van der Waals surface area contributed by atoms with Crippen LogP contribution in [0.4, 0.5) is 4.39 Å². The SMILES string of the molecule is O=C1N=C2C=C(F)C=CC2C=C1c1ccccc1. The molecule has 0 N–H and O–H groups in total. The van der Waals surface area contributed by atoms with Gasteiger partial charge in [0.15, 0.2) is 0 Å². The van der Waals surface area contributed by atoms with Crippen molar-refractivity contribution in [2.75, 3.05) is 0 Å². The molecular formula is C15H10FNO. The normalized spacial score (nSPS) is 21.9. The van der Waals surface area contributed by atoms with Crippen molar-refractivity contribution >= 4 is 17.2 Å². The van der Waals surface area contributed by atoms with Crippen LogP contribution in [0.2, 0.25) is 0 Å². The number of dihydropyridines is 1. The van der Waals surface area contributed by atoms with E-state index in [2.05, 4.69) is 4.99 Å². The molecule has 0 saturated heterocycles. The highest BCUT2D eigenvalue weighted by Gasteiger charge is 2.24. The highest BCUT2D eigenvalue weighted by molar-refractivity contribution is 6.27. The summed E-state index contributed by atoms with van der Waals surface area (Å²) < 4.78 is 13.1. The van der Waals surface area contributed by atoms with E-state index in [1.54, 1.807) is 6.08 Å². The Hall–Kier alpha value is -2.29. The van der Waals surface area contributed by atoms with E-state index < -0.39 is 0 Å². The Balaban J connectivity index is 2.02. The van der Waals surface area contributed by atoms with Crippen molar-refractivity contribution in [3.05, 3.63) is 66.0 Å². The minimum atomic E-state index is -0.366. The molecule has 0 spiro atoms. The summed E-state index contributed by atoms with van der Waals surface area (Å²) in [6, 6.07) is 9.38. The van der Waals surface area contributed by atoms with Crippen LogP contribution in [0.15, 0.2) is 65.5 Å². The fourth-order valence-electron chi connectivity index (χ4n) is 2.09. The number of hydrogen-bond donors (Lipinski definition) is 0. The first kappa shape index (κ1) is 10.8. The Bertz CT molecular complexity index is 623. The number of amides is 1. The van der Waals surface area contributed by atoms with Gasteiger partial charge in [-0.05, 0) is 17.7 Å². The molecule has 2 aliphatic rings. The van der Waals surface area contributed by atoms with Gasteiger partial charge in [-0.15, -0.1) is 0 Å². The average Bonchev–Trinajstić information content (AvgIpc) is 2.39. The zero-order valence-electron chi connectivity index (χ0n) is 9.51. The topological polar surface area (TPSA) is 29.4 Å². The van der Waals surface area contributed by atoms with Crippen molar-refractivity contribution in [2.45, 2.75) is 0 Å². The minimum absolute atomic E-state index is 0.114. The van der Waals surface area contributed by atoms with Crippen LogP contribution in [0.3, 0.4) is 0 Å². The predicted molar refractivity (Wildman–Crippen MR) is 68.7 cm³/mol. The smallest absolute Gasteiger partial charge is 0.267 e. The van der Waals surface area contributed by atoms with E-state index in [9.17, 15) is 9.18 Å². The molecule has 1 aliphatic heterocycles. The molecule has 3 rings (SSSR count). The Morgan fingerprint density at radius 1 is 1.17 bits per heavy atom. The second kappa shape index (κ2) is 4.18. The van der Waals surface area contributed by atoms with E-state index in [1.807, 2.05) is 36.4 Å². The van der Waals surface area contributed by atoms with Gasteiger partial charge >= 0.3 is 0 Å². The molecule has 1 unspecified atom stereocenters. The molecular weight excluding hydrogens is 229 g/mol. The predicted octanol–water partition coefficient (Wildman–Crippen LogP) is 3.09. The molecule has 88 valence electrons. The molecule has 0 saturated carbocycles. The molecule has 2 nitrogen and oxygen atoms in total. The molecule has 0 bridgehead atoms. The Kier molecular flexibility index (Phi) is 2.52. The number of carbonyl (C=O) groups is 1. The van der Waals surface area contributed by atoms with Crippen LogP contribution in [-0.4, -0.2) is 11.6 Å². The fourth-order valence-corrected chi connectivity index (χ4v) is 2.09. The highest BCUT2D eigenvalue weighted by atomic mass is 19.1. The van der Waals surface area contributed by atoms with Crippen LogP contribution in [0.25, 0.3) is 5.57 Å². The number of carbonyl (C=O) groups excluding carboxylic acids is 1. The third-order valence-electron chi connectivity index (χ3n) is 2.98. The summed E-state index contributed by atoms with van der Waals surface area (Å²) in [4.78, 5) is 15.9.